The van der Waals surface area contributed by atoms with Gasteiger partial charge in [0, 0.05) is 33.0 Å². The summed E-state index contributed by atoms with van der Waals surface area (Å²) in [6, 6.07) is 2.00. The number of aryl methyl sites for hydroxylation is 2. The molecule has 2 N–H and O–H groups in total. The number of methoxy groups -OCH3 is 1. The highest BCUT2D eigenvalue weighted by Gasteiger charge is 2.14. The molecule has 4 nitrogen and oxygen atoms in total. The van der Waals surface area contributed by atoms with Crippen LogP contribution in [0.5, 0.6) is 0 Å². The van der Waals surface area contributed by atoms with E-state index in [0.717, 1.165) is 42.2 Å². The number of pyridine rings is 1. The molecule has 1 heterocycles. The van der Waals surface area contributed by atoms with E-state index in [1.165, 1.54) is 0 Å². The minimum Gasteiger partial charge on any atom is -0.389 e. The van der Waals surface area contributed by atoms with Crippen LogP contribution in [0.2, 0.25) is 0 Å². The summed E-state index contributed by atoms with van der Waals surface area (Å²) < 4.78 is 5.06. The summed E-state index contributed by atoms with van der Waals surface area (Å²) in [5.41, 5.74) is 8.72. The van der Waals surface area contributed by atoms with E-state index in [-0.39, 0.29) is 0 Å². The van der Waals surface area contributed by atoms with Crippen molar-refractivity contribution in [3.63, 3.8) is 0 Å². The van der Waals surface area contributed by atoms with E-state index in [0.29, 0.717) is 4.99 Å². The fourth-order valence-corrected chi connectivity index (χ4v) is 2.20. The minimum absolute atomic E-state index is 0.397. The van der Waals surface area contributed by atoms with E-state index < -0.39 is 0 Å². The van der Waals surface area contributed by atoms with Gasteiger partial charge in [-0.25, -0.2) is 4.98 Å². The molecule has 0 saturated heterocycles. The molecule has 100 valence electrons. The van der Waals surface area contributed by atoms with Crippen molar-refractivity contribution in [1.82, 2.24) is 4.98 Å². The average Bonchev–Trinajstić information content (AvgIpc) is 2.27. The summed E-state index contributed by atoms with van der Waals surface area (Å²) in [4.78, 5) is 7.03. The molecule has 1 rings (SSSR count). The Morgan fingerprint density at radius 1 is 1.50 bits per heavy atom. The molecule has 18 heavy (non-hydrogen) atoms. The third kappa shape index (κ3) is 3.65. The molecule has 0 radical (unpaired) electrons. The Bertz CT molecular complexity index is 434. The monoisotopic (exact) mass is 267 g/mol. The van der Waals surface area contributed by atoms with Crippen molar-refractivity contribution in [2.75, 3.05) is 32.2 Å². The zero-order chi connectivity index (χ0) is 13.7. The lowest BCUT2D eigenvalue weighted by Gasteiger charge is -2.22. The molecular formula is C13H21N3OS. The fraction of sp³-hybridized carbons (Fsp3) is 0.538. The van der Waals surface area contributed by atoms with Gasteiger partial charge in [-0.05, 0) is 31.9 Å². The van der Waals surface area contributed by atoms with Crippen molar-refractivity contribution in [3.8, 4) is 0 Å². The third-order valence-corrected chi connectivity index (χ3v) is 2.98. The Morgan fingerprint density at radius 2 is 2.17 bits per heavy atom. The Balaban J connectivity index is 3.02. The Hall–Kier alpha value is -1.20. The van der Waals surface area contributed by atoms with Crippen LogP contribution in [-0.2, 0) is 4.74 Å². The first-order valence-electron chi connectivity index (χ1n) is 5.95. The number of nitrogens with two attached hydrogens (primary N) is 1. The molecule has 0 fully saturated rings. The second kappa shape index (κ2) is 6.66. The third-order valence-electron chi connectivity index (χ3n) is 2.78. The second-order valence-electron chi connectivity index (χ2n) is 4.41. The van der Waals surface area contributed by atoms with Gasteiger partial charge in [0.05, 0.1) is 5.56 Å². The predicted molar refractivity (Wildman–Crippen MR) is 79.4 cm³/mol. The maximum atomic E-state index is 5.80. The summed E-state index contributed by atoms with van der Waals surface area (Å²) >= 11 is 5.12. The van der Waals surface area contributed by atoms with Crippen molar-refractivity contribution in [2.24, 2.45) is 5.73 Å². The van der Waals surface area contributed by atoms with Crippen LogP contribution >= 0.6 is 12.2 Å². The lowest BCUT2D eigenvalue weighted by molar-refractivity contribution is 0.196. The van der Waals surface area contributed by atoms with Gasteiger partial charge in [0.2, 0.25) is 0 Å². The van der Waals surface area contributed by atoms with Gasteiger partial charge in [-0.2, -0.15) is 0 Å². The largest absolute Gasteiger partial charge is 0.389 e. The first-order chi connectivity index (χ1) is 8.47. The first-order valence-corrected chi connectivity index (χ1v) is 6.36. The van der Waals surface area contributed by atoms with Crippen LogP contribution in [0.15, 0.2) is 6.07 Å². The zero-order valence-corrected chi connectivity index (χ0v) is 12.3. The minimum atomic E-state index is 0.397. The van der Waals surface area contributed by atoms with E-state index >= 15 is 0 Å². The van der Waals surface area contributed by atoms with Crippen molar-refractivity contribution in [1.29, 1.82) is 0 Å². The molecule has 0 aliphatic rings. The van der Waals surface area contributed by atoms with E-state index in [1.807, 2.05) is 27.0 Å². The summed E-state index contributed by atoms with van der Waals surface area (Å²) in [6.45, 7) is 5.58. The number of hydrogen-bond acceptors (Lipinski definition) is 4. The molecule has 1 aromatic heterocycles. The van der Waals surface area contributed by atoms with Crippen LogP contribution in [0.4, 0.5) is 5.82 Å². The highest BCUT2D eigenvalue weighted by Crippen LogP contribution is 2.21. The van der Waals surface area contributed by atoms with Crippen LogP contribution in [0.3, 0.4) is 0 Å². The van der Waals surface area contributed by atoms with E-state index in [2.05, 4.69) is 9.88 Å². The molecule has 0 spiro atoms. The SMILES string of the molecule is COCCCN(C)c1nc(C)cc(C)c1C(N)=S. The summed E-state index contributed by atoms with van der Waals surface area (Å²) in [5, 5.41) is 0. The number of ether oxygens (including phenoxy) is 1. The average molecular weight is 267 g/mol. The van der Waals surface area contributed by atoms with E-state index in [9.17, 15) is 0 Å². The summed E-state index contributed by atoms with van der Waals surface area (Å²) in [5.74, 6) is 0.858. The van der Waals surface area contributed by atoms with Crippen molar-refractivity contribution >= 4 is 23.0 Å². The van der Waals surface area contributed by atoms with Gasteiger partial charge in [-0.15, -0.1) is 0 Å². The van der Waals surface area contributed by atoms with Crippen molar-refractivity contribution in [2.45, 2.75) is 20.3 Å². The molecule has 0 aliphatic heterocycles. The standard InChI is InChI=1S/C13H21N3OS/c1-9-8-10(2)15-13(11(9)12(14)18)16(3)6-5-7-17-4/h8H,5-7H2,1-4H3,(H2,14,18). The van der Waals surface area contributed by atoms with Gasteiger partial charge in [-0.3, -0.25) is 0 Å². The molecule has 0 amide bonds. The zero-order valence-electron chi connectivity index (χ0n) is 11.5. The topological polar surface area (TPSA) is 51.4 Å². The number of nitrogens with zero attached hydrogens (tertiary/aromatic N) is 2. The number of hydrogen-bond donors (Lipinski definition) is 1. The lowest BCUT2D eigenvalue weighted by atomic mass is 10.1. The number of anilines is 1. The molecule has 0 bridgehead atoms. The molecule has 0 unspecified atom stereocenters. The first kappa shape index (κ1) is 14.9. The summed E-state index contributed by atoms with van der Waals surface area (Å²) in [6.07, 6.45) is 0.943. The normalized spacial score (nSPS) is 10.4. The number of thiocarbonyl (C=S) groups is 1. The highest BCUT2D eigenvalue weighted by molar-refractivity contribution is 7.80. The number of rotatable bonds is 6. The van der Waals surface area contributed by atoms with Crippen LogP contribution in [0, 0.1) is 13.8 Å². The van der Waals surface area contributed by atoms with E-state index in [1.54, 1.807) is 7.11 Å². The van der Waals surface area contributed by atoms with Crippen molar-refractivity contribution in [3.05, 3.63) is 22.9 Å². The molecule has 5 heteroatoms. The maximum absolute atomic E-state index is 5.80. The van der Waals surface area contributed by atoms with Crippen LogP contribution in [0.25, 0.3) is 0 Å². The van der Waals surface area contributed by atoms with Gasteiger partial charge < -0.3 is 15.4 Å². The molecule has 0 saturated carbocycles. The second-order valence-corrected chi connectivity index (χ2v) is 4.85. The van der Waals surface area contributed by atoms with Crippen LogP contribution in [0.1, 0.15) is 23.2 Å². The molecule has 0 atom stereocenters. The fourth-order valence-electron chi connectivity index (χ4n) is 1.95. The Labute approximate surface area is 114 Å². The Morgan fingerprint density at radius 3 is 2.72 bits per heavy atom. The van der Waals surface area contributed by atoms with E-state index in [4.69, 9.17) is 22.7 Å². The lowest BCUT2D eigenvalue weighted by Crippen LogP contribution is -2.26. The predicted octanol–water partition coefficient (Wildman–Crippen LogP) is 1.81. The molecule has 0 aliphatic carbocycles. The maximum Gasteiger partial charge on any atom is 0.139 e. The van der Waals surface area contributed by atoms with Gasteiger partial charge >= 0.3 is 0 Å². The molecule has 0 aromatic carbocycles. The highest BCUT2D eigenvalue weighted by atomic mass is 32.1. The quantitative estimate of drug-likeness (QED) is 0.629. The number of aromatic nitrogens is 1. The van der Waals surface area contributed by atoms with Gasteiger partial charge in [-0.1, -0.05) is 12.2 Å². The van der Waals surface area contributed by atoms with Gasteiger partial charge in [0.1, 0.15) is 10.8 Å². The smallest absolute Gasteiger partial charge is 0.139 e. The summed E-state index contributed by atoms with van der Waals surface area (Å²) in [7, 11) is 3.70. The molecular weight excluding hydrogens is 246 g/mol. The van der Waals surface area contributed by atoms with Crippen molar-refractivity contribution < 1.29 is 4.74 Å². The van der Waals surface area contributed by atoms with Crippen LogP contribution < -0.4 is 10.6 Å². The van der Waals surface area contributed by atoms with Gasteiger partial charge in [0.15, 0.2) is 0 Å². The van der Waals surface area contributed by atoms with Crippen LogP contribution in [-0.4, -0.2) is 37.3 Å². The molecule has 1 aromatic rings. The Kier molecular flexibility index (Phi) is 5.50. The van der Waals surface area contributed by atoms with Gasteiger partial charge in [0.25, 0.3) is 0 Å².